The first kappa shape index (κ1) is 23.9. The molecule has 0 bridgehead atoms. The molecule has 0 radical (unpaired) electrons. The number of ether oxygens (including phenoxy) is 1. The Labute approximate surface area is 202 Å². The number of halogens is 2. The standard InChI is InChI=1S/C21H27FN6OS.HI/c1-2-23-20(24-13-18-15-28-9-12-30-21(28)26-18)25-14-19(27-7-10-29-11-8-27)16-3-5-17(22)6-4-16;/h3-6,9,12,15,19H,2,7-8,10-11,13-14H2,1H3,(H2,23,24,25);1H. The Bertz CT molecular complexity index is 941. The number of benzene rings is 1. The number of hydrogen-bond acceptors (Lipinski definition) is 5. The van der Waals surface area contributed by atoms with Crippen LogP contribution in [0.1, 0.15) is 24.2 Å². The molecular weight excluding hydrogens is 530 g/mol. The molecule has 31 heavy (non-hydrogen) atoms. The molecule has 3 heterocycles. The summed E-state index contributed by atoms with van der Waals surface area (Å²) < 4.78 is 21.0. The van der Waals surface area contributed by atoms with Crippen LogP contribution in [0.2, 0.25) is 0 Å². The highest BCUT2D eigenvalue weighted by Gasteiger charge is 2.23. The normalized spacial score (nSPS) is 16.1. The van der Waals surface area contributed by atoms with Gasteiger partial charge in [0.2, 0.25) is 0 Å². The zero-order valence-electron chi connectivity index (χ0n) is 17.5. The summed E-state index contributed by atoms with van der Waals surface area (Å²) in [6.45, 7) is 7.10. The van der Waals surface area contributed by atoms with E-state index in [1.165, 1.54) is 12.1 Å². The summed E-state index contributed by atoms with van der Waals surface area (Å²) in [5.41, 5.74) is 2.01. The van der Waals surface area contributed by atoms with E-state index in [9.17, 15) is 4.39 Å². The van der Waals surface area contributed by atoms with Crippen molar-refractivity contribution in [1.82, 2.24) is 24.9 Å². The lowest BCUT2D eigenvalue weighted by atomic mass is 10.0. The first-order valence-electron chi connectivity index (χ1n) is 10.2. The third-order valence-electron chi connectivity index (χ3n) is 5.09. The highest BCUT2D eigenvalue weighted by Crippen LogP contribution is 2.21. The SMILES string of the molecule is CCNC(=NCc1cn2ccsc2n1)NCC(c1ccc(F)cc1)N1CCOCC1.I. The predicted molar refractivity (Wildman–Crippen MR) is 133 cm³/mol. The Hall–Kier alpha value is -1.76. The summed E-state index contributed by atoms with van der Waals surface area (Å²) in [6, 6.07) is 6.87. The largest absolute Gasteiger partial charge is 0.379 e. The van der Waals surface area contributed by atoms with Gasteiger partial charge in [-0.2, -0.15) is 0 Å². The van der Waals surface area contributed by atoms with Gasteiger partial charge in [-0.15, -0.1) is 35.3 Å². The second-order valence-electron chi connectivity index (χ2n) is 7.12. The van der Waals surface area contributed by atoms with Gasteiger partial charge in [-0.25, -0.2) is 14.4 Å². The molecule has 0 amide bonds. The minimum absolute atomic E-state index is 0. The Kier molecular flexibility index (Phi) is 9.05. The van der Waals surface area contributed by atoms with Crippen molar-refractivity contribution in [2.75, 3.05) is 39.4 Å². The number of morpholine rings is 1. The maximum absolute atomic E-state index is 13.4. The second kappa shape index (κ2) is 11.7. The number of aliphatic imine (C=N–C) groups is 1. The van der Waals surface area contributed by atoms with Crippen molar-refractivity contribution in [2.24, 2.45) is 4.99 Å². The van der Waals surface area contributed by atoms with E-state index >= 15 is 0 Å². The lowest BCUT2D eigenvalue weighted by Crippen LogP contribution is -2.46. The number of aromatic nitrogens is 2. The molecule has 1 atom stereocenters. The number of nitrogens with one attached hydrogen (secondary N) is 2. The predicted octanol–water partition coefficient (Wildman–Crippen LogP) is 3.28. The van der Waals surface area contributed by atoms with Gasteiger partial charge in [0, 0.05) is 44.0 Å². The third-order valence-corrected chi connectivity index (χ3v) is 5.86. The van der Waals surface area contributed by atoms with Crippen LogP contribution in [0.25, 0.3) is 4.96 Å². The van der Waals surface area contributed by atoms with Gasteiger partial charge in [0.1, 0.15) is 5.82 Å². The first-order chi connectivity index (χ1) is 14.7. The average molecular weight is 558 g/mol. The van der Waals surface area contributed by atoms with Gasteiger partial charge in [-0.3, -0.25) is 9.30 Å². The van der Waals surface area contributed by atoms with E-state index in [-0.39, 0.29) is 35.8 Å². The van der Waals surface area contributed by atoms with Gasteiger partial charge < -0.3 is 15.4 Å². The Morgan fingerprint density at radius 3 is 2.74 bits per heavy atom. The summed E-state index contributed by atoms with van der Waals surface area (Å²) in [5.74, 6) is 0.525. The molecule has 168 valence electrons. The summed E-state index contributed by atoms with van der Waals surface area (Å²) in [5, 5.41) is 8.78. The van der Waals surface area contributed by atoms with Gasteiger partial charge in [0.05, 0.1) is 31.5 Å². The molecule has 1 fully saturated rings. The van der Waals surface area contributed by atoms with Crippen LogP contribution < -0.4 is 10.6 Å². The van der Waals surface area contributed by atoms with Crippen molar-refractivity contribution < 1.29 is 9.13 Å². The highest BCUT2D eigenvalue weighted by atomic mass is 127. The van der Waals surface area contributed by atoms with E-state index in [0.29, 0.717) is 26.3 Å². The fraction of sp³-hybridized carbons (Fsp3) is 0.429. The fourth-order valence-corrected chi connectivity index (χ4v) is 4.30. The summed E-state index contributed by atoms with van der Waals surface area (Å²) in [4.78, 5) is 12.6. The maximum atomic E-state index is 13.4. The van der Waals surface area contributed by atoms with E-state index in [1.54, 1.807) is 11.3 Å². The van der Waals surface area contributed by atoms with E-state index in [0.717, 1.165) is 41.8 Å². The molecule has 0 saturated carbocycles. The molecule has 0 spiro atoms. The molecule has 4 rings (SSSR count). The molecule has 1 aliphatic heterocycles. The van der Waals surface area contributed by atoms with Crippen LogP contribution in [-0.2, 0) is 11.3 Å². The molecule has 7 nitrogen and oxygen atoms in total. The zero-order chi connectivity index (χ0) is 20.8. The van der Waals surface area contributed by atoms with E-state index in [4.69, 9.17) is 9.73 Å². The first-order valence-corrected chi connectivity index (χ1v) is 11.1. The summed E-state index contributed by atoms with van der Waals surface area (Å²) >= 11 is 1.61. The highest BCUT2D eigenvalue weighted by molar-refractivity contribution is 14.0. The van der Waals surface area contributed by atoms with Crippen LogP contribution in [0.15, 0.2) is 47.0 Å². The van der Waals surface area contributed by atoms with Gasteiger partial charge in [0.25, 0.3) is 0 Å². The van der Waals surface area contributed by atoms with Crippen molar-refractivity contribution >= 4 is 46.2 Å². The lowest BCUT2D eigenvalue weighted by molar-refractivity contribution is 0.0170. The third kappa shape index (κ3) is 6.37. The Morgan fingerprint density at radius 1 is 1.26 bits per heavy atom. The van der Waals surface area contributed by atoms with Gasteiger partial charge >= 0.3 is 0 Å². The van der Waals surface area contributed by atoms with Gasteiger partial charge in [0.15, 0.2) is 10.9 Å². The fourth-order valence-electron chi connectivity index (χ4n) is 3.58. The van der Waals surface area contributed by atoms with Crippen LogP contribution in [0.3, 0.4) is 0 Å². The Balaban J connectivity index is 0.00000272. The lowest BCUT2D eigenvalue weighted by Gasteiger charge is -2.35. The van der Waals surface area contributed by atoms with Crippen LogP contribution in [0.5, 0.6) is 0 Å². The average Bonchev–Trinajstić information content (AvgIpc) is 3.36. The maximum Gasteiger partial charge on any atom is 0.193 e. The molecule has 1 unspecified atom stereocenters. The zero-order valence-corrected chi connectivity index (χ0v) is 20.6. The van der Waals surface area contributed by atoms with E-state index in [2.05, 4.69) is 20.5 Å². The molecule has 2 N–H and O–H groups in total. The van der Waals surface area contributed by atoms with Crippen LogP contribution >= 0.6 is 35.3 Å². The smallest absolute Gasteiger partial charge is 0.193 e. The van der Waals surface area contributed by atoms with Crippen molar-refractivity contribution in [3.05, 3.63) is 59.1 Å². The molecule has 1 aromatic carbocycles. The number of rotatable bonds is 7. The number of imidazole rings is 1. The summed E-state index contributed by atoms with van der Waals surface area (Å²) in [7, 11) is 0. The Morgan fingerprint density at radius 2 is 2.03 bits per heavy atom. The van der Waals surface area contributed by atoms with E-state index in [1.807, 2.05) is 41.2 Å². The molecule has 1 aliphatic rings. The molecule has 3 aromatic rings. The van der Waals surface area contributed by atoms with Gasteiger partial charge in [-0.1, -0.05) is 12.1 Å². The van der Waals surface area contributed by atoms with Crippen LogP contribution in [-0.4, -0.2) is 59.6 Å². The van der Waals surface area contributed by atoms with Crippen LogP contribution in [0.4, 0.5) is 4.39 Å². The quantitative estimate of drug-likeness (QED) is 0.265. The molecule has 10 heteroatoms. The van der Waals surface area contributed by atoms with Crippen molar-refractivity contribution in [1.29, 1.82) is 0 Å². The molecule has 2 aromatic heterocycles. The van der Waals surface area contributed by atoms with Crippen molar-refractivity contribution in [3.8, 4) is 0 Å². The summed E-state index contributed by atoms with van der Waals surface area (Å²) in [6.07, 6.45) is 4.01. The van der Waals surface area contributed by atoms with E-state index < -0.39 is 0 Å². The minimum Gasteiger partial charge on any atom is -0.379 e. The topological polar surface area (TPSA) is 66.2 Å². The van der Waals surface area contributed by atoms with Crippen LogP contribution in [0, 0.1) is 5.82 Å². The molecule has 0 aliphatic carbocycles. The van der Waals surface area contributed by atoms with Gasteiger partial charge in [-0.05, 0) is 24.6 Å². The number of hydrogen-bond donors (Lipinski definition) is 2. The number of guanidine groups is 1. The minimum atomic E-state index is -0.220. The monoisotopic (exact) mass is 558 g/mol. The second-order valence-corrected chi connectivity index (χ2v) is 7.99. The number of nitrogens with zero attached hydrogens (tertiary/aromatic N) is 4. The number of fused-ring (bicyclic) bond motifs is 1. The molecule has 1 saturated heterocycles. The molecular formula is C21H28FIN6OS. The number of thiazole rings is 1. The van der Waals surface area contributed by atoms with Crippen molar-refractivity contribution in [2.45, 2.75) is 19.5 Å². The van der Waals surface area contributed by atoms with Crippen molar-refractivity contribution in [3.63, 3.8) is 0 Å².